The van der Waals surface area contributed by atoms with Crippen molar-refractivity contribution in [2.75, 3.05) is 13.2 Å². The summed E-state index contributed by atoms with van der Waals surface area (Å²) >= 11 is 0. The molecule has 2 N–H and O–H groups in total. The molecule has 4 heteroatoms. The third-order valence-corrected chi connectivity index (χ3v) is 4.01. The van der Waals surface area contributed by atoms with Gasteiger partial charge in [0.1, 0.15) is 11.8 Å². The molecule has 1 saturated carbocycles. The molecule has 1 aromatic rings. The molecule has 0 heterocycles. The normalized spacial score (nSPS) is 17.4. The third-order valence-electron chi connectivity index (χ3n) is 4.01. The van der Waals surface area contributed by atoms with Gasteiger partial charge in [-0.15, -0.1) is 0 Å². The van der Waals surface area contributed by atoms with Crippen LogP contribution >= 0.6 is 0 Å². The minimum absolute atomic E-state index is 0.0746. The highest BCUT2D eigenvalue weighted by molar-refractivity contribution is 5.27. The van der Waals surface area contributed by atoms with Gasteiger partial charge in [-0.25, -0.2) is 0 Å². The molecule has 1 aliphatic rings. The lowest BCUT2D eigenvalue weighted by Crippen LogP contribution is -2.49. The molecule has 0 radical (unpaired) electrons. The van der Waals surface area contributed by atoms with Gasteiger partial charge in [0.25, 0.3) is 0 Å². The van der Waals surface area contributed by atoms with Crippen molar-refractivity contribution in [3.05, 3.63) is 29.8 Å². The van der Waals surface area contributed by atoms with Crippen molar-refractivity contribution in [1.29, 1.82) is 5.26 Å². The van der Waals surface area contributed by atoms with E-state index in [4.69, 9.17) is 10.00 Å². The molecule has 108 valence electrons. The second-order valence-electron chi connectivity index (χ2n) is 5.44. The van der Waals surface area contributed by atoms with Crippen LogP contribution in [-0.2, 0) is 6.54 Å². The van der Waals surface area contributed by atoms with Crippen molar-refractivity contribution in [1.82, 2.24) is 5.32 Å². The number of aliphatic hydroxyl groups is 1. The molecule has 0 saturated heterocycles. The predicted molar refractivity (Wildman–Crippen MR) is 77.3 cm³/mol. The standard InChI is InChI=1S/C16H22N2O2/c17-10-11-20-15-6-4-14(5-7-15)12-18-16(13-19)8-2-1-3-9-16/h4-7,18-19H,1-3,8-9,11-13H2. The van der Waals surface area contributed by atoms with Crippen LogP contribution in [0.4, 0.5) is 0 Å². The summed E-state index contributed by atoms with van der Waals surface area (Å²) < 4.78 is 5.22. The fourth-order valence-electron chi connectivity index (χ4n) is 2.73. The van der Waals surface area contributed by atoms with Crippen LogP contribution in [0.25, 0.3) is 0 Å². The predicted octanol–water partition coefficient (Wildman–Crippen LogP) is 2.37. The van der Waals surface area contributed by atoms with E-state index in [-0.39, 0.29) is 18.8 Å². The lowest BCUT2D eigenvalue weighted by atomic mass is 9.82. The summed E-state index contributed by atoms with van der Waals surface area (Å²) in [5.41, 5.74) is 1.06. The molecule has 0 bridgehead atoms. The summed E-state index contributed by atoms with van der Waals surface area (Å²) in [7, 11) is 0. The molecule has 0 spiro atoms. The zero-order chi connectivity index (χ0) is 14.3. The maximum absolute atomic E-state index is 9.65. The Bertz CT molecular complexity index is 445. The molecule has 4 nitrogen and oxygen atoms in total. The number of ether oxygens (including phenoxy) is 1. The average Bonchev–Trinajstić information content (AvgIpc) is 2.53. The Morgan fingerprint density at radius 1 is 1.20 bits per heavy atom. The number of hydrogen-bond acceptors (Lipinski definition) is 4. The van der Waals surface area contributed by atoms with E-state index in [9.17, 15) is 5.11 Å². The van der Waals surface area contributed by atoms with Crippen molar-refractivity contribution in [2.24, 2.45) is 0 Å². The topological polar surface area (TPSA) is 65.3 Å². The first kappa shape index (κ1) is 14.8. The molecule has 1 fully saturated rings. The van der Waals surface area contributed by atoms with E-state index < -0.39 is 0 Å². The summed E-state index contributed by atoms with van der Waals surface area (Å²) in [6, 6.07) is 9.69. The molecule has 2 rings (SSSR count). The Labute approximate surface area is 120 Å². The molecule has 20 heavy (non-hydrogen) atoms. The number of nitriles is 1. The van der Waals surface area contributed by atoms with Gasteiger partial charge in [-0.2, -0.15) is 5.26 Å². The zero-order valence-electron chi connectivity index (χ0n) is 11.8. The number of hydrogen-bond donors (Lipinski definition) is 2. The van der Waals surface area contributed by atoms with E-state index in [1.807, 2.05) is 30.3 Å². The number of benzene rings is 1. The molecule has 1 aliphatic carbocycles. The van der Waals surface area contributed by atoms with Gasteiger partial charge in [0, 0.05) is 12.1 Å². The van der Waals surface area contributed by atoms with E-state index in [1.54, 1.807) is 0 Å². The van der Waals surface area contributed by atoms with Crippen molar-refractivity contribution in [3.63, 3.8) is 0 Å². The van der Waals surface area contributed by atoms with Gasteiger partial charge >= 0.3 is 0 Å². The smallest absolute Gasteiger partial charge is 0.174 e. The fourth-order valence-corrected chi connectivity index (χ4v) is 2.73. The zero-order valence-corrected chi connectivity index (χ0v) is 11.8. The second kappa shape index (κ2) is 7.28. The maximum Gasteiger partial charge on any atom is 0.174 e. The SMILES string of the molecule is N#CCOc1ccc(CNC2(CO)CCCCC2)cc1. The Kier molecular flexibility index (Phi) is 5.40. The Balaban J connectivity index is 1.88. The number of nitrogens with zero attached hydrogens (tertiary/aromatic N) is 1. The van der Waals surface area contributed by atoms with Gasteiger partial charge in [0.2, 0.25) is 0 Å². The summed E-state index contributed by atoms with van der Waals surface area (Å²) in [5.74, 6) is 0.713. The van der Waals surface area contributed by atoms with Gasteiger partial charge in [-0.1, -0.05) is 31.4 Å². The molecule has 0 aromatic heterocycles. The minimum atomic E-state index is -0.103. The van der Waals surface area contributed by atoms with Crippen LogP contribution in [0.5, 0.6) is 5.75 Å². The van der Waals surface area contributed by atoms with Gasteiger partial charge in [-0.05, 0) is 30.5 Å². The largest absolute Gasteiger partial charge is 0.479 e. The van der Waals surface area contributed by atoms with Crippen molar-refractivity contribution >= 4 is 0 Å². The highest BCUT2D eigenvalue weighted by Gasteiger charge is 2.30. The molecular formula is C16H22N2O2. The Morgan fingerprint density at radius 2 is 1.90 bits per heavy atom. The van der Waals surface area contributed by atoms with E-state index in [2.05, 4.69) is 5.32 Å². The molecule has 0 amide bonds. The molecule has 1 aromatic carbocycles. The van der Waals surface area contributed by atoms with Gasteiger partial charge in [0.15, 0.2) is 6.61 Å². The average molecular weight is 274 g/mol. The number of nitrogens with one attached hydrogen (secondary N) is 1. The van der Waals surface area contributed by atoms with Crippen LogP contribution in [0.1, 0.15) is 37.7 Å². The van der Waals surface area contributed by atoms with Gasteiger partial charge < -0.3 is 15.2 Å². The highest BCUT2D eigenvalue weighted by Crippen LogP contribution is 2.28. The molecular weight excluding hydrogens is 252 g/mol. The van der Waals surface area contributed by atoms with Crippen molar-refractivity contribution in [3.8, 4) is 11.8 Å². The maximum atomic E-state index is 9.65. The monoisotopic (exact) mass is 274 g/mol. The minimum Gasteiger partial charge on any atom is -0.479 e. The summed E-state index contributed by atoms with van der Waals surface area (Å²) in [6.07, 6.45) is 5.75. The number of rotatable bonds is 6. The summed E-state index contributed by atoms with van der Waals surface area (Å²) in [4.78, 5) is 0. The first-order chi connectivity index (χ1) is 9.78. The first-order valence-electron chi connectivity index (χ1n) is 7.23. The van der Waals surface area contributed by atoms with E-state index in [1.165, 1.54) is 19.3 Å². The molecule has 0 aliphatic heterocycles. The van der Waals surface area contributed by atoms with Crippen LogP contribution in [-0.4, -0.2) is 23.9 Å². The highest BCUT2D eigenvalue weighted by atomic mass is 16.5. The Morgan fingerprint density at radius 3 is 2.50 bits per heavy atom. The lowest BCUT2D eigenvalue weighted by Gasteiger charge is -2.36. The van der Waals surface area contributed by atoms with Crippen molar-refractivity contribution < 1.29 is 9.84 Å². The quantitative estimate of drug-likeness (QED) is 0.836. The third kappa shape index (κ3) is 3.96. The fraction of sp³-hybridized carbons (Fsp3) is 0.562. The molecule has 0 atom stereocenters. The molecule has 0 unspecified atom stereocenters. The second-order valence-corrected chi connectivity index (χ2v) is 5.44. The van der Waals surface area contributed by atoms with Crippen LogP contribution in [0.3, 0.4) is 0 Å². The summed E-state index contributed by atoms with van der Waals surface area (Å²) in [6.45, 7) is 1.03. The Hall–Kier alpha value is -1.57. The van der Waals surface area contributed by atoms with Crippen LogP contribution < -0.4 is 10.1 Å². The van der Waals surface area contributed by atoms with E-state index in [0.29, 0.717) is 5.75 Å². The van der Waals surface area contributed by atoms with Crippen LogP contribution in [0, 0.1) is 11.3 Å². The van der Waals surface area contributed by atoms with Gasteiger partial charge in [0.05, 0.1) is 6.61 Å². The lowest BCUT2D eigenvalue weighted by molar-refractivity contribution is 0.119. The first-order valence-corrected chi connectivity index (χ1v) is 7.23. The van der Waals surface area contributed by atoms with E-state index in [0.717, 1.165) is 24.9 Å². The van der Waals surface area contributed by atoms with Crippen LogP contribution in [0.15, 0.2) is 24.3 Å². The van der Waals surface area contributed by atoms with E-state index >= 15 is 0 Å². The summed E-state index contributed by atoms with van der Waals surface area (Å²) in [5, 5.41) is 21.6. The van der Waals surface area contributed by atoms with Gasteiger partial charge in [-0.3, -0.25) is 0 Å². The van der Waals surface area contributed by atoms with Crippen molar-refractivity contribution in [2.45, 2.75) is 44.2 Å². The number of aliphatic hydroxyl groups excluding tert-OH is 1. The van der Waals surface area contributed by atoms with Crippen LogP contribution in [0.2, 0.25) is 0 Å².